The summed E-state index contributed by atoms with van der Waals surface area (Å²) in [4.78, 5) is 0.262. The molecule has 2 atom stereocenters. The Morgan fingerprint density at radius 3 is 2.53 bits per heavy atom. The lowest BCUT2D eigenvalue weighted by atomic mass is 9.99. The van der Waals surface area contributed by atoms with E-state index in [0.29, 0.717) is 12.3 Å². The maximum absolute atomic E-state index is 12.5. The number of sulfonamides is 1. The largest absolute Gasteiger partial charge is 0.497 e. The molecular weight excluding hydrogens is 264 g/mol. The first-order valence-electron chi connectivity index (χ1n) is 6.38. The minimum absolute atomic E-state index is 0.182. The van der Waals surface area contributed by atoms with E-state index >= 15 is 0 Å². The molecule has 2 rings (SSSR count). The van der Waals surface area contributed by atoms with Gasteiger partial charge in [0.25, 0.3) is 0 Å². The summed E-state index contributed by atoms with van der Waals surface area (Å²) >= 11 is 0. The van der Waals surface area contributed by atoms with Crippen LogP contribution in [-0.4, -0.2) is 32.5 Å². The third-order valence-corrected chi connectivity index (χ3v) is 5.53. The van der Waals surface area contributed by atoms with Gasteiger partial charge in [-0.25, -0.2) is 8.42 Å². The van der Waals surface area contributed by atoms with Gasteiger partial charge < -0.3 is 10.5 Å². The minimum atomic E-state index is -3.52. The number of nitrogens with zero attached hydrogens (tertiary/aromatic N) is 1. The van der Waals surface area contributed by atoms with E-state index in [1.54, 1.807) is 31.4 Å². The second kappa shape index (κ2) is 5.48. The SMILES string of the molecule is COc1ccc(S(=O)(=O)N2CCCC(C)C2N)cc1. The predicted molar refractivity (Wildman–Crippen MR) is 73.3 cm³/mol. The van der Waals surface area contributed by atoms with Crippen LogP contribution in [0, 0.1) is 5.92 Å². The van der Waals surface area contributed by atoms with Gasteiger partial charge in [0.05, 0.1) is 18.2 Å². The molecule has 0 aliphatic carbocycles. The first-order chi connectivity index (χ1) is 8.96. The van der Waals surface area contributed by atoms with E-state index in [4.69, 9.17) is 10.5 Å². The van der Waals surface area contributed by atoms with Crippen molar-refractivity contribution in [3.05, 3.63) is 24.3 Å². The Kier molecular flexibility index (Phi) is 4.13. The lowest BCUT2D eigenvalue weighted by Gasteiger charge is -2.36. The quantitative estimate of drug-likeness (QED) is 0.910. The topological polar surface area (TPSA) is 72.6 Å². The van der Waals surface area contributed by atoms with Crippen molar-refractivity contribution < 1.29 is 13.2 Å². The summed E-state index contributed by atoms with van der Waals surface area (Å²) in [7, 11) is -1.97. The van der Waals surface area contributed by atoms with Crippen molar-refractivity contribution in [3.8, 4) is 5.75 Å². The Morgan fingerprint density at radius 1 is 1.32 bits per heavy atom. The zero-order chi connectivity index (χ0) is 14.0. The number of hydrogen-bond acceptors (Lipinski definition) is 4. The lowest BCUT2D eigenvalue weighted by Crippen LogP contribution is -2.52. The van der Waals surface area contributed by atoms with Gasteiger partial charge in [-0.2, -0.15) is 4.31 Å². The molecule has 1 aromatic rings. The van der Waals surface area contributed by atoms with Crippen LogP contribution in [0.3, 0.4) is 0 Å². The molecular formula is C13H20N2O3S. The molecule has 19 heavy (non-hydrogen) atoms. The first-order valence-corrected chi connectivity index (χ1v) is 7.82. The molecule has 2 unspecified atom stereocenters. The van der Waals surface area contributed by atoms with Crippen molar-refractivity contribution in [2.75, 3.05) is 13.7 Å². The van der Waals surface area contributed by atoms with Gasteiger partial charge in [-0.1, -0.05) is 6.92 Å². The molecule has 1 aromatic carbocycles. The average Bonchev–Trinajstić information content (AvgIpc) is 2.41. The van der Waals surface area contributed by atoms with E-state index < -0.39 is 16.2 Å². The molecule has 5 nitrogen and oxygen atoms in total. The Morgan fingerprint density at radius 2 is 1.95 bits per heavy atom. The van der Waals surface area contributed by atoms with Gasteiger partial charge in [-0.15, -0.1) is 0 Å². The number of hydrogen-bond donors (Lipinski definition) is 1. The summed E-state index contributed by atoms with van der Waals surface area (Å²) < 4.78 is 31.5. The van der Waals surface area contributed by atoms with Crippen LogP contribution in [-0.2, 0) is 10.0 Å². The van der Waals surface area contributed by atoms with Crippen molar-refractivity contribution in [2.24, 2.45) is 11.7 Å². The molecule has 1 fully saturated rings. The van der Waals surface area contributed by atoms with Crippen LogP contribution in [0.25, 0.3) is 0 Å². The van der Waals surface area contributed by atoms with Crippen molar-refractivity contribution in [1.29, 1.82) is 0 Å². The van der Waals surface area contributed by atoms with Crippen molar-refractivity contribution in [1.82, 2.24) is 4.31 Å². The highest BCUT2D eigenvalue weighted by Gasteiger charge is 2.34. The van der Waals surface area contributed by atoms with Crippen LogP contribution < -0.4 is 10.5 Å². The first kappa shape index (κ1) is 14.3. The number of benzene rings is 1. The number of methoxy groups -OCH3 is 1. The summed E-state index contributed by atoms with van der Waals surface area (Å²) in [6, 6.07) is 6.40. The lowest BCUT2D eigenvalue weighted by molar-refractivity contribution is 0.192. The minimum Gasteiger partial charge on any atom is -0.497 e. The number of piperidine rings is 1. The normalized spacial score (nSPS) is 25.2. The highest BCUT2D eigenvalue weighted by Crippen LogP contribution is 2.27. The number of rotatable bonds is 3. The van der Waals surface area contributed by atoms with E-state index in [1.807, 2.05) is 6.92 Å². The molecule has 0 amide bonds. The van der Waals surface area contributed by atoms with Gasteiger partial charge >= 0.3 is 0 Å². The fourth-order valence-corrected chi connectivity index (χ4v) is 3.98. The summed E-state index contributed by atoms with van der Waals surface area (Å²) in [5, 5.41) is 0. The molecule has 1 aliphatic heterocycles. The van der Waals surface area contributed by atoms with Gasteiger partial charge in [-0.3, -0.25) is 0 Å². The fourth-order valence-electron chi connectivity index (χ4n) is 2.34. The van der Waals surface area contributed by atoms with E-state index in [1.165, 1.54) is 4.31 Å². The smallest absolute Gasteiger partial charge is 0.244 e. The third kappa shape index (κ3) is 2.75. The third-order valence-electron chi connectivity index (χ3n) is 3.62. The molecule has 2 N–H and O–H groups in total. The zero-order valence-electron chi connectivity index (χ0n) is 11.2. The summed E-state index contributed by atoms with van der Waals surface area (Å²) in [5.41, 5.74) is 6.02. The molecule has 1 aliphatic rings. The second-order valence-electron chi connectivity index (χ2n) is 4.90. The summed E-state index contributed by atoms with van der Waals surface area (Å²) in [6.45, 7) is 2.47. The van der Waals surface area contributed by atoms with Crippen LogP contribution >= 0.6 is 0 Å². The summed E-state index contributed by atoms with van der Waals surface area (Å²) in [6.07, 6.45) is 1.38. The molecule has 0 spiro atoms. The van der Waals surface area contributed by atoms with Gasteiger partial charge in [-0.05, 0) is 43.0 Å². The van der Waals surface area contributed by atoms with E-state index in [-0.39, 0.29) is 10.8 Å². The van der Waals surface area contributed by atoms with Gasteiger partial charge in [0.15, 0.2) is 0 Å². The molecule has 1 saturated heterocycles. The van der Waals surface area contributed by atoms with Crippen molar-refractivity contribution in [2.45, 2.75) is 30.8 Å². The zero-order valence-corrected chi connectivity index (χ0v) is 12.1. The van der Waals surface area contributed by atoms with Crippen LogP contribution in [0.1, 0.15) is 19.8 Å². The second-order valence-corrected chi connectivity index (χ2v) is 6.79. The standard InChI is InChI=1S/C13H20N2O3S/c1-10-4-3-9-15(13(10)14)19(16,17)12-7-5-11(18-2)6-8-12/h5-8,10,13H,3-4,9,14H2,1-2H3. The monoisotopic (exact) mass is 284 g/mol. The summed E-state index contributed by atoms with van der Waals surface area (Å²) in [5.74, 6) is 0.817. The maximum Gasteiger partial charge on any atom is 0.244 e. The maximum atomic E-state index is 12.5. The molecule has 0 saturated carbocycles. The molecule has 0 radical (unpaired) electrons. The Labute approximate surface area is 114 Å². The van der Waals surface area contributed by atoms with Gasteiger partial charge in [0.1, 0.15) is 5.75 Å². The van der Waals surface area contributed by atoms with Crippen LogP contribution in [0.2, 0.25) is 0 Å². The highest BCUT2D eigenvalue weighted by molar-refractivity contribution is 7.89. The van der Waals surface area contributed by atoms with E-state index in [0.717, 1.165) is 12.8 Å². The van der Waals surface area contributed by atoms with Gasteiger partial charge in [0, 0.05) is 6.54 Å². The fraction of sp³-hybridized carbons (Fsp3) is 0.538. The molecule has 106 valence electrons. The molecule has 0 bridgehead atoms. The number of nitrogens with two attached hydrogens (primary N) is 1. The number of ether oxygens (including phenoxy) is 1. The average molecular weight is 284 g/mol. The van der Waals surface area contributed by atoms with E-state index in [2.05, 4.69) is 0 Å². The Bertz CT molecular complexity index is 527. The van der Waals surface area contributed by atoms with Crippen molar-refractivity contribution in [3.63, 3.8) is 0 Å². The Balaban J connectivity index is 2.30. The van der Waals surface area contributed by atoms with Gasteiger partial charge in [0.2, 0.25) is 10.0 Å². The van der Waals surface area contributed by atoms with Crippen LogP contribution in [0.4, 0.5) is 0 Å². The molecule has 1 heterocycles. The van der Waals surface area contributed by atoms with Crippen LogP contribution in [0.5, 0.6) is 5.75 Å². The van der Waals surface area contributed by atoms with Crippen molar-refractivity contribution >= 4 is 10.0 Å². The van der Waals surface area contributed by atoms with Crippen LogP contribution in [0.15, 0.2) is 29.2 Å². The Hall–Kier alpha value is -1.11. The molecule has 0 aromatic heterocycles. The predicted octanol–water partition coefficient (Wildman–Crippen LogP) is 1.40. The molecule has 6 heteroatoms. The highest BCUT2D eigenvalue weighted by atomic mass is 32.2. The van der Waals surface area contributed by atoms with E-state index in [9.17, 15) is 8.42 Å².